The molecule has 1 aromatic heterocycles. The molecule has 1 aliphatic heterocycles. The molecule has 0 aliphatic carbocycles. The number of aryl methyl sites for hydroxylation is 1. The van der Waals surface area contributed by atoms with Crippen LogP contribution in [0, 0.1) is 0 Å². The molecule has 0 bridgehead atoms. The third-order valence-corrected chi connectivity index (χ3v) is 3.11. The standard InChI is InChI=1S/C13H20N2/c1-13(2,3)11-8-10-6-5-7-15(4)12(10)14-9-11/h8-9H,5-7H2,1-4H3. The molecule has 0 spiro atoms. The van der Waals surface area contributed by atoms with Gasteiger partial charge in [-0.15, -0.1) is 0 Å². The first-order valence-electron chi connectivity index (χ1n) is 5.69. The molecule has 0 saturated carbocycles. The van der Waals surface area contributed by atoms with Gasteiger partial charge in [-0.2, -0.15) is 0 Å². The van der Waals surface area contributed by atoms with Gasteiger partial charge in [-0.3, -0.25) is 0 Å². The van der Waals surface area contributed by atoms with Gasteiger partial charge in [0.1, 0.15) is 5.82 Å². The van der Waals surface area contributed by atoms with E-state index in [9.17, 15) is 0 Å². The van der Waals surface area contributed by atoms with Crippen LogP contribution in [0.1, 0.15) is 38.3 Å². The van der Waals surface area contributed by atoms with Crippen molar-refractivity contribution >= 4 is 5.82 Å². The predicted octanol–water partition coefficient (Wildman–Crippen LogP) is 2.76. The van der Waals surface area contributed by atoms with E-state index in [4.69, 9.17) is 0 Å². The molecule has 1 aliphatic rings. The molecular weight excluding hydrogens is 184 g/mol. The highest BCUT2D eigenvalue weighted by Crippen LogP contribution is 2.29. The molecule has 2 nitrogen and oxygen atoms in total. The fraction of sp³-hybridized carbons (Fsp3) is 0.615. The quantitative estimate of drug-likeness (QED) is 0.646. The number of aromatic nitrogens is 1. The molecule has 82 valence electrons. The van der Waals surface area contributed by atoms with Crippen molar-refractivity contribution in [3.8, 4) is 0 Å². The molecule has 0 aromatic carbocycles. The van der Waals surface area contributed by atoms with E-state index in [0.717, 1.165) is 6.54 Å². The van der Waals surface area contributed by atoms with Crippen LogP contribution in [0.5, 0.6) is 0 Å². The highest BCUT2D eigenvalue weighted by Gasteiger charge is 2.19. The van der Waals surface area contributed by atoms with Gasteiger partial charge in [0.05, 0.1) is 0 Å². The first-order valence-corrected chi connectivity index (χ1v) is 5.69. The Morgan fingerprint density at radius 2 is 2.07 bits per heavy atom. The second-order valence-electron chi connectivity index (χ2n) is 5.48. The average Bonchev–Trinajstić information content (AvgIpc) is 2.16. The van der Waals surface area contributed by atoms with E-state index in [1.165, 1.54) is 29.8 Å². The zero-order valence-electron chi connectivity index (χ0n) is 10.2. The molecule has 0 saturated heterocycles. The summed E-state index contributed by atoms with van der Waals surface area (Å²) in [5.74, 6) is 1.18. The Labute approximate surface area is 92.3 Å². The second kappa shape index (κ2) is 3.51. The minimum Gasteiger partial charge on any atom is -0.359 e. The number of pyridine rings is 1. The Bertz CT molecular complexity index is 363. The average molecular weight is 204 g/mol. The molecule has 15 heavy (non-hydrogen) atoms. The van der Waals surface area contributed by atoms with Crippen LogP contribution >= 0.6 is 0 Å². The molecule has 2 rings (SSSR count). The van der Waals surface area contributed by atoms with Crippen LogP contribution in [-0.4, -0.2) is 18.6 Å². The highest BCUT2D eigenvalue weighted by atomic mass is 15.2. The smallest absolute Gasteiger partial charge is 0.131 e. The van der Waals surface area contributed by atoms with Gasteiger partial charge in [-0.05, 0) is 29.4 Å². The van der Waals surface area contributed by atoms with Crippen molar-refractivity contribution in [1.82, 2.24) is 4.98 Å². The third-order valence-electron chi connectivity index (χ3n) is 3.11. The summed E-state index contributed by atoms with van der Waals surface area (Å²) >= 11 is 0. The van der Waals surface area contributed by atoms with E-state index in [1.54, 1.807) is 0 Å². The van der Waals surface area contributed by atoms with Gasteiger partial charge in [-0.1, -0.05) is 26.8 Å². The molecule has 0 radical (unpaired) electrons. The molecule has 1 aromatic rings. The summed E-state index contributed by atoms with van der Waals surface area (Å²) in [5.41, 5.74) is 2.96. The van der Waals surface area contributed by atoms with Crippen molar-refractivity contribution in [2.24, 2.45) is 0 Å². The summed E-state index contributed by atoms with van der Waals surface area (Å²) < 4.78 is 0. The lowest BCUT2D eigenvalue weighted by Crippen LogP contribution is -2.26. The Morgan fingerprint density at radius 3 is 2.73 bits per heavy atom. The fourth-order valence-corrected chi connectivity index (χ4v) is 2.05. The van der Waals surface area contributed by atoms with Gasteiger partial charge in [0.15, 0.2) is 0 Å². The normalized spacial score (nSPS) is 16.4. The summed E-state index contributed by atoms with van der Waals surface area (Å²) in [7, 11) is 2.13. The number of hydrogen-bond donors (Lipinski definition) is 0. The van der Waals surface area contributed by atoms with Crippen LogP contribution in [-0.2, 0) is 11.8 Å². The van der Waals surface area contributed by atoms with Crippen LogP contribution in [0.25, 0.3) is 0 Å². The van der Waals surface area contributed by atoms with Crippen molar-refractivity contribution in [2.45, 2.75) is 39.0 Å². The lowest BCUT2D eigenvalue weighted by molar-refractivity contribution is 0.584. The van der Waals surface area contributed by atoms with Crippen LogP contribution in [0.3, 0.4) is 0 Å². The number of hydrogen-bond acceptors (Lipinski definition) is 2. The Hall–Kier alpha value is -1.05. The fourth-order valence-electron chi connectivity index (χ4n) is 2.05. The van der Waals surface area contributed by atoms with Crippen molar-refractivity contribution in [2.75, 3.05) is 18.5 Å². The molecule has 0 N–H and O–H groups in total. The topological polar surface area (TPSA) is 16.1 Å². The third kappa shape index (κ3) is 1.99. The first-order chi connectivity index (χ1) is 6.98. The van der Waals surface area contributed by atoms with Crippen LogP contribution in [0.2, 0.25) is 0 Å². The zero-order chi connectivity index (χ0) is 11.1. The van der Waals surface area contributed by atoms with Gasteiger partial charge in [0, 0.05) is 19.8 Å². The Morgan fingerprint density at radius 1 is 1.33 bits per heavy atom. The maximum atomic E-state index is 4.59. The summed E-state index contributed by atoms with van der Waals surface area (Å²) in [6, 6.07) is 2.33. The second-order valence-corrected chi connectivity index (χ2v) is 5.48. The lowest BCUT2D eigenvalue weighted by Gasteiger charge is -2.28. The van der Waals surface area contributed by atoms with Gasteiger partial charge in [-0.25, -0.2) is 4.98 Å². The van der Waals surface area contributed by atoms with Gasteiger partial charge in [0.25, 0.3) is 0 Å². The number of rotatable bonds is 0. The van der Waals surface area contributed by atoms with Gasteiger partial charge in [0.2, 0.25) is 0 Å². The summed E-state index contributed by atoms with van der Waals surface area (Å²) in [6.07, 6.45) is 4.45. The molecule has 0 atom stereocenters. The van der Waals surface area contributed by atoms with E-state index in [1.807, 2.05) is 6.20 Å². The lowest BCUT2D eigenvalue weighted by atomic mass is 9.86. The van der Waals surface area contributed by atoms with Crippen molar-refractivity contribution in [3.63, 3.8) is 0 Å². The Kier molecular flexibility index (Phi) is 2.45. The number of nitrogens with zero attached hydrogens (tertiary/aromatic N) is 2. The first kappa shape index (κ1) is 10.5. The van der Waals surface area contributed by atoms with Gasteiger partial charge < -0.3 is 4.90 Å². The number of fused-ring (bicyclic) bond motifs is 1. The SMILES string of the molecule is CN1CCCc2cc(C(C)(C)C)cnc21. The largest absolute Gasteiger partial charge is 0.359 e. The molecule has 0 unspecified atom stereocenters. The van der Waals surface area contributed by atoms with E-state index in [-0.39, 0.29) is 5.41 Å². The summed E-state index contributed by atoms with van der Waals surface area (Å²) in [4.78, 5) is 6.85. The van der Waals surface area contributed by atoms with E-state index >= 15 is 0 Å². The van der Waals surface area contributed by atoms with Crippen molar-refractivity contribution < 1.29 is 0 Å². The van der Waals surface area contributed by atoms with Gasteiger partial charge >= 0.3 is 0 Å². The zero-order valence-corrected chi connectivity index (χ0v) is 10.2. The van der Waals surface area contributed by atoms with Crippen LogP contribution in [0.4, 0.5) is 5.82 Å². The molecule has 2 heteroatoms. The van der Waals surface area contributed by atoms with Crippen molar-refractivity contribution in [1.29, 1.82) is 0 Å². The van der Waals surface area contributed by atoms with E-state index in [0.29, 0.717) is 0 Å². The van der Waals surface area contributed by atoms with E-state index < -0.39 is 0 Å². The maximum Gasteiger partial charge on any atom is 0.131 e. The molecule has 0 amide bonds. The minimum atomic E-state index is 0.206. The maximum absolute atomic E-state index is 4.59. The number of anilines is 1. The molecule has 0 fully saturated rings. The highest BCUT2D eigenvalue weighted by molar-refractivity contribution is 5.50. The molecule has 2 heterocycles. The minimum absolute atomic E-state index is 0.206. The summed E-state index contributed by atoms with van der Waals surface area (Å²) in [6.45, 7) is 7.85. The monoisotopic (exact) mass is 204 g/mol. The molecular formula is C13H20N2. The van der Waals surface area contributed by atoms with Crippen LogP contribution < -0.4 is 4.90 Å². The summed E-state index contributed by atoms with van der Waals surface area (Å²) in [5, 5.41) is 0. The van der Waals surface area contributed by atoms with E-state index in [2.05, 4.69) is 43.8 Å². The Balaban J connectivity index is 2.42. The predicted molar refractivity (Wildman–Crippen MR) is 64.5 cm³/mol. The van der Waals surface area contributed by atoms with Crippen LogP contribution in [0.15, 0.2) is 12.3 Å². The van der Waals surface area contributed by atoms with Crippen molar-refractivity contribution in [3.05, 3.63) is 23.4 Å².